The molecular weight excluding hydrogens is 308 g/mol. The summed E-state index contributed by atoms with van der Waals surface area (Å²) in [5, 5.41) is 11.7. The number of carbonyl (C=O) groups is 1. The van der Waals surface area contributed by atoms with Gasteiger partial charge in [-0.1, -0.05) is 32.0 Å². The van der Waals surface area contributed by atoms with Crippen molar-refractivity contribution in [3.63, 3.8) is 0 Å². The van der Waals surface area contributed by atoms with Crippen molar-refractivity contribution >= 4 is 6.09 Å². The van der Waals surface area contributed by atoms with E-state index in [1.807, 2.05) is 44.2 Å². The van der Waals surface area contributed by atoms with Gasteiger partial charge in [0.1, 0.15) is 5.75 Å². The van der Waals surface area contributed by atoms with Crippen molar-refractivity contribution in [2.24, 2.45) is 5.41 Å². The van der Waals surface area contributed by atoms with Crippen LogP contribution in [0.25, 0.3) is 11.3 Å². The second kappa shape index (κ2) is 6.03. The third-order valence-corrected chi connectivity index (χ3v) is 4.20. The van der Waals surface area contributed by atoms with E-state index in [0.717, 1.165) is 16.8 Å². The Balaban J connectivity index is 2.00. The molecule has 0 bridgehead atoms. The average Bonchev–Trinajstić information content (AvgIpc) is 2.57. The summed E-state index contributed by atoms with van der Waals surface area (Å²) in [5.41, 5.74) is 2.16. The van der Waals surface area contributed by atoms with E-state index in [0.29, 0.717) is 18.2 Å². The van der Waals surface area contributed by atoms with Crippen molar-refractivity contribution in [2.75, 3.05) is 13.7 Å². The molecule has 2 aromatic rings. The van der Waals surface area contributed by atoms with Crippen molar-refractivity contribution in [1.82, 2.24) is 10.3 Å². The number of hydrogen-bond acceptors (Lipinski definition) is 4. The predicted octanol–water partition coefficient (Wildman–Crippen LogP) is 3.48. The summed E-state index contributed by atoms with van der Waals surface area (Å²) < 4.78 is 11.0. The lowest BCUT2D eigenvalue weighted by atomic mass is 9.79. The molecule has 2 N–H and O–H groups in total. The zero-order chi connectivity index (χ0) is 17.3. The van der Waals surface area contributed by atoms with Gasteiger partial charge in [0.25, 0.3) is 0 Å². The van der Waals surface area contributed by atoms with Crippen molar-refractivity contribution in [3.8, 4) is 22.9 Å². The summed E-state index contributed by atoms with van der Waals surface area (Å²) in [6, 6.07) is 10.9. The molecule has 0 spiro atoms. The number of pyridine rings is 1. The standard InChI is InChI=1S/C18H20N2O4/c1-18(2)10-24-14-9-11(13-5-4-6-15(19-13)23-3)7-8-12(14)16(18)20-17(21)22/h4-9,16,20H,10H2,1-3H3,(H,21,22). The van der Waals surface area contributed by atoms with Crippen LogP contribution in [0.4, 0.5) is 4.79 Å². The fourth-order valence-corrected chi connectivity index (χ4v) is 2.91. The first kappa shape index (κ1) is 16.1. The molecule has 1 aromatic carbocycles. The minimum atomic E-state index is -1.04. The highest BCUT2D eigenvalue weighted by molar-refractivity contribution is 5.67. The molecule has 2 heterocycles. The Morgan fingerprint density at radius 3 is 2.88 bits per heavy atom. The number of nitrogens with one attached hydrogen (secondary N) is 1. The second-order valence-electron chi connectivity index (χ2n) is 6.48. The molecule has 1 aliphatic rings. The van der Waals surface area contributed by atoms with E-state index in [2.05, 4.69) is 10.3 Å². The Morgan fingerprint density at radius 2 is 2.17 bits per heavy atom. The van der Waals surface area contributed by atoms with Crippen LogP contribution in [-0.2, 0) is 0 Å². The van der Waals surface area contributed by atoms with E-state index >= 15 is 0 Å². The molecule has 0 fully saturated rings. The highest BCUT2D eigenvalue weighted by Gasteiger charge is 2.38. The van der Waals surface area contributed by atoms with Crippen molar-refractivity contribution in [1.29, 1.82) is 0 Å². The molecule has 0 aliphatic carbocycles. The first-order chi connectivity index (χ1) is 11.4. The normalized spacial score (nSPS) is 18.2. The van der Waals surface area contributed by atoms with Gasteiger partial charge in [-0.3, -0.25) is 0 Å². The number of ether oxygens (including phenoxy) is 2. The second-order valence-corrected chi connectivity index (χ2v) is 6.48. The lowest BCUT2D eigenvalue weighted by Gasteiger charge is -2.39. The molecule has 24 heavy (non-hydrogen) atoms. The molecule has 0 radical (unpaired) electrons. The van der Waals surface area contributed by atoms with Gasteiger partial charge in [-0.15, -0.1) is 0 Å². The lowest BCUT2D eigenvalue weighted by Crippen LogP contribution is -2.43. The third kappa shape index (κ3) is 2.99. The van der Waals surface area contributed by atoms with Crippen LogP contribution in [-0.4, -0.2) is 29.9 Å². The van der Waals surface area contributed by atoms with Crippen LogP contribution in [0.2, 0.25) is 0 Å². The highest BCUT2D eigenvalue weighted by Crippen LogP contribution is 2.44. The quantitative estimate of drug-likeness (QED) is 0.901. The van der Waals surface area contributed by atoms with Crippen LogP contribution in [0.5, 0.6) is 11.6 Å². The number of methoxy groups -OCH3 is 1. The van der Waals surface area contributed by atoms with E-state index < -0.39 is 6.09 Å². The molecule has 0 saturated heterocycles. The molecule has 1 aliphatic heterocycles. The van der Waals surface area contributed by atoms with Gasteiger partial charge < -0.3 is 19.9 Å². The van der Waals surface area contributed by atoms with Gasteiger partial charge in [0.15, 0.2) is 0 Å². The molecule has 1 aromatic heterocycles. The van der Waals surface area contributed by atoms with Crippen LogP contribution in [0.15, 0.2) is 36.4 Å². The Kier molecular flexibility index (Phi) is 4.05. The van der Waals surface area contributed by atoms with Gasteiger partial charge in [-0.05, 0) is 12.1 Å². The highest BCUT2D eigenvalue weighted by atomic mass is 16.5. The summed E-state index contributed by atoms with van der Waals surface area (Å²) in [7, 11) is 1.58. The van der Waals surface area contributed by atoms with E-state index in [1.165, 1.54) is 0 Å². The predicted molar refractivity (Wildman–Crippen MR) is 89.4 cm³/mol. The van der Waals surface area contributed by atoms with Gasteiger partial charge in [0, 0.05) is 22.6 Å². The van der Waals surface area contributed by atoms with Gasteiger partial charge in [0.05, 0.1) is 25.5 Å². The van der Waals surface area contributed by atoms with Crippen LogP contribution >= 0.6 is 0 Å². The number of aromatic nitrogens is 1. The van der Waals surface area contributed by atoms with Crippen LogP contribution in [0.1, 0.15) is 25.5 Å². The number of hydrogen-bond donors (Lipinski definition) is 2. The van der Waals surface area contributed by atoms with Crippen LogP contribution in [0, 0.1) is 5.41 Å². The zero-order valence-corrected chi connectivity index (χ0v) is 13.9. The van der Waals surface area contributed by atoms with Crippen molar-refractivity contribution < 1.29 is 19.4 Å². The summed E-state index contributed by atoms with van der Waals surface area (Å²) in [6.45, 7) is 4.39. The van der Waals surface area contributed by atoms with Crippen molar-refractivity contribution in [2.45, 2.75) is 19.9 Å². The molecule has 3 rings (SSSR count). The van der Waals surface area contributed by atoms with E-state index in [4.69, 9.17) is 14.6 Å². The summed E-state index contributed by atoms with van der Waals surface area (Å²) in [6.07, 6.45) is -1.04. The van der Waals surface area contributed by atoms with Gasteiger partial charge >= 0.3 is 6.09 Å². The van der Waals surface area contributed by atoms with Crippen molar-refractivity contribution in [3.05, 3.63) is 42.0 Å². The minimum absolute atomic E-state index is 0.328. The maximum atomic E-state index is 11.1. The smallest absolute Gasteiger partial charge is 0.405 e. The molecular formula is C18H20N2O4. The van der Waals surface area contributed by atoms with Crippen LogP contribution in [0.3, 0.4) is 0 Å². The Hall–Kier alpha value is -2.76. The Labute approximate surface area is 140 Å². The molecule has 126 valence electrons. The van der Waals surface area contributed by atoms with Gasteiger partial charge in [0.2, 0.25) is 5.88 Å². The average molecular weight is 328 g/mol. The molecule has 6 heteroatoms. The number of fused-ring (bicyclic) bond motifs is 1. The van der Waals surface area contributed by atoms with Gasteiger partial charge in [-0.2, -0.15) is 0 Å². The maximum absolute atomic E-state index is 11.1. The summed E-state index contributed by atoms with van der Waals surface area (Å²) in [4.78, 5) is 15.6. The fraction of sp³-hybridized carbons (Fsp3) is 0.333. The van der Waals surface area contributed by atoms with E-state index in [-0.39, 0.29) is 11.5 Å². The number of rotatable bonds is 3. The largest absolute Gasteiger partial charge is 0.493 e. The SMILES string of the molecule is COc1cccc(-c2ccc3c(c2)OCC(C)(C)C3NC(=O)O)n1. The zero-order valence-electron chi connectivity index (χ0n) is 13.9. The summed E-state index contributed by atoms with van der Waals surface area (Å²) >= 11 is 0. The maximum Gasteiger partial charge on any atom is 0.405 e. The number of benzene rings is 1. The number of amides is 1. The van der Waals surface area contributed by atoms with Crippen LogP contribution < -0.4 is 14.8 Å². The first-order valence-corrected chi connectivity index (χ1v) is 7.68. The van der Waals surface area contributed by atoms with Gasteiger partial charge in [-0.25, -0.2) is 9.78 Å². The third-order valence-electron chi connectivity index (χ3n) is 4.20. The first-order valence-electron chi connectivity index (χ1n) is 7.68. The Bertz CT molecular complexity index is 773. The minimum Gasteiger partial charge on any atom is -0.493 e. The molecule has 6 nitrogen and oxygen atoms in total. The molecule has 1 amide bonds. The molecule has 1 unspecified atom stereocenters. The number of nitrogens with zero attached hydrogens (tertiary/aromatic N) is 1. The lowest BCUT2D eigenvalue weighted by molar-refractivity contribution is 0.0996. The fourth-order valence-electron chi connectivity index (χ4n) is 2.91. The monoisotopic (exact) mass is 328 g/mol. The molecule has 1 atom stereocenters. The number of carboxylic acid groups (broad SMARTS) is 1. The van der Waals surface area contributed by atoms with E-state index in [9.17, 15) is 4.79 Å². The summed E-state index contributed by atoms with van der Waals surface area (Å²) in [5.74, 6) is 1.22. The topological polar surface area (TPSA) is 80.7 Å². The van der Waals surface area contributed by atoms with E-state index in [1.54, 1.807) is 13.2 Å². The Morgan fingerprint density at radius 1 is 1.38 bits per heavy atom. The molecule has 0 saturated carbocycles.